The number of carbonyl (C=O) groups is 1. The molecule has 5 nitrogen and oxygen atoms in total. The van der Waals surface area contributed by atoms with E-state index >= 15 is 0 Å². The number of nitrogens with zero attached hydrogens (tertiary/aromatic N) is 2. The van der Waals surface area contributed by atoms with Gasteiger partial charge in [0.05, 0.1) is 16.8 Å². The second-order valence-corrected chi connectivity index (χ2v) is 7.62. The SMILES string of the molecule is Cc1ccc(O[C@@H]2C[C@H](I)N(C(=O)OC(C)(C)C)C2)cn1. The van der Waals surface area contributed by atoms with Crippen molar-refractivity contribution in [2.75, 3.05) is 6.54 Å². The average molecular weight is 404 g/mol. The van der Waals surface area contributed by atoms with E-state index < -0.39 is 5.60 Å². The molecule has 6 heteroatoms. The number of halogens is 1. The smallest absolute Gasteiger partial charge is 0.411 e. The third-order valence-electron chi connectivity index (χ3n) is 3.01. The average Bonchev–Trinajstić information content (AvgIpc) is 2.71. The number of likely N-dealkylation sites (tertiary alicyclic amines) is 1. The summed E-state index contributed by atoms with van der Waals surface area (Å²) < 4.78 is 11.4. The molecule has 0 saturated carbocycles. The van der Waals surface area contributed by atoms with Crippen LogP contribution in [0.5, 0.6) is 5.75 Å². The van der Waals surface area contributed by atoms with Crippen LogP contribution in [-0.2, 0) is 4.74 Å². The predicted octanol–water partition coefficient (Wildman–Crippen LogP) is 3.54. The fourth-order valence-electron chi connectivity index (χ4n) is 2.06. The number of aryl methyl sites for hydroxylation is 1. The lowest BCUT2D eigenvalue weighted by molar-refractivity contribution is 0.0267. The van der Waals surface area contributed by atoms with Gasteiger partial charge in [-0.3, -0.25) is 9.88 Å². The third-order valence-corrected chi connectivity index (χ3v) is 4.19. The van der Waals surface area contributed by atoms with Crippen LogP contribution in [0.25, 0.3) is 0 Å². The lowest BCUT2D eigenvalue weighted by Gasteiger charge is -2.26. The zero-order valence-corrected chi connectivity index (χ0v) is 15.0. The van der Waals surface area contributed by atoms with E-state index in [1.165, 1.54) is 0 Å². The first kappa shape index (κ1) is 16.3. The van der Waals surface area contributed by atoms with Gasteiger partial charge in [0.2, 0.25) is 0 Å². The van der Waals surface area contributed by atoms with Crippen LogP contribution in [0.3, 0.4) is 0 Å². The Balaban J connectivity index is 1.94. The van der Waals surface area contributed by atoms with Crippen LogP contribution in [0.15, 0.2) is 18.3 Å². The van der Waals surface area contributed by atoms with Gasteiger partial charge in [-0.15, -0.1) is 0 Å². The van der Waals surface area contributed by atoms with E-state index in [0.717, 1.165) is 17.9 Å². The van der Waals surface area contributed by atoms with E-state index in [9.17, 15) is 4.79 Å². The first-order valence-corrected chi connectivity index (χ1v) is 8.22. The van der Waals surface area contributed by atoms with Crippen molar-refractivity contribution in [3.05, 3.63) is 24.0 Å². The molecule has 1 aromatic heterocycles. The Kier molecular flexibility index (Phi) is 4.95. The van der Waals surface area contributed by atoms with Crippen molar-refractivity contribution in [1.29, 1.82) is 0 Å². The highest BCUT2D eigenvalue weighted by Gasteiger charge is 2.37. The number of hydrogen-bond acceptors (Lipinski definition) is 4. The summed E-state index contributed by atoms with van der Waals surface area (Å²) in [5.74, 6) is 0.736. The number of aromatic nitrogens is 1. The van der Waals surface area contributed by atoms with Crippen LogP contribution < -0.4 is 4.74 Å². The van der Waals surface area contributed by atoms with Crippen LogP contribution >= 0.6 is 22.6 Å². The molecular formula is C15H21IN2O3. The Morgan fingerprint density at radius 3 is 2.71 bits per heavy atom. The molecule has 2 heterocycles. The minimum Gasteiger partial charge on any atom is -0.487 e. The van der Waals surface area contributed by atoms with Crippen LogP contribution in [0.1, 0.15) is 32.9 Å². The lowest BCUT2D eigenvalue weighted by atomic mass is 10.2. The molecule has 21 heavy (non-hydrogen) atoms. The molecule has 0 spiro atoms. The van der Waals surface area contributed by atoms with Crippen molar-refractivity contribution in [2.45, 2.75) is 49.9 Å². The maximum Gasteiger partial charge on any atom is 0.411 e. The van der Waals surface area contributed by atoms with E-state index in [2.05, 4.69) is 27.6 Å². The fourth-order valence-corrected chi connectivity index (χ4v) is 3.09. The summed E-state index contributed by atoms with van der Waals surface area (Å²) in [5.41, 5.74) is 0.476. The molecule has 116 valence electrons. The quantitative estimate of drug-likeness (QED) is 0.430. The molecule has 1 saturated heterocycles. The Labute approximate surface area is 139 Å². The van der Waals surface area contributed by atoms with Crippen molar-refractivity contribution in [3.8, 4) is 5.75 Å². The van der Waals surface area contributed by atoms with Gasteiger partial charge in [0.25, 0.3) is 0 Å². The minimum atomic E-state index is -0.479. The molecule has 0 aromatic carbocycles. The second-order valence-electron chi connectivity index (χ2n) is 6.18. The summed E-state index contributed by atoms with van der Waals surface area (Å²) in [6.45, 7) is 8.08. The molecule has 2 atom stereocenters. The molecule has 0 aliphatic carbocycles. The Hall–Kier alpha value is -1.05. The largest absolute Gasteiger partial charge is 0.487 e. The summed E-state index contributed by atoms with van der Waals surface area (Å²) in [6.07, 6.45) is 2.19. The summed E-state index contributed by atoms with van der Waals surface area (Å²) in [7, 11) is 0. The predicted molar refractivity (Wildman–Crippen MR) is 88.8 cm³/mol. The maximum atomic E-state index is 12.1. The monoisotopic (exact) mass is 404 g/mol. The third kappa shape index (κ3) is 4.72. The molecule has 1 aliphatic rings. The van der Waals surface area contributed by atoms with Crippen LogP contribution in [0, 0.1) is 6.92 Å². The molecule has 0 bridgehead atoms. The van der Waals surface area contributed by atoms with Crippen LogP contribution in [-0.4, -0.2) is 38.3 Å². The molecule has 1 aliphatic heterocycles. The Morgan fingerprint density at radius 2 is 2.14 bits per heavy atom. The van der Waals surface area contributed by atoms with Crippen molar-refractivity contribution in [2.24, 2.45) is 0 Å². The topological polar surface area (TPSA) is 51.7 Å². The number of hydrogen-bond donors (Lipinski definition) is 0. The van der Waals surface area contributed by atoms with Gasteiger partial charge in [-0.25, -0.2) is 4.79 Å². The van der Waals surface area contributed by atoms with E-state index in [4.69, 9.17) is 9.47 Å². The molecule has 0 N–H and O–H groups in total. The van der Waals surface area contributed by atoms with Gasteiger partial charge < -0.3 is 9.47 Å². The van der Waals surface area contributed by atoms with E-state index in [0.29, 0.717) is 6.54 Å². The van der Waals surface area contributed by atoms with Gasteiger partial charge in [0.15, 0.2) is 0 Å². The number of rotatable bonds is 2. The van der Waals surface area contributed by atoms with E-state index in [1.54, 1.807) is 11.1 Å². The highest BCUT2D eigenvalue weighted by atomic mass is 127. The number of carbonyl (C=O) groups excluding carboxylic acids is 1. The molecule has 2 rings (SSSR count). The number of ether oxygens (including phenoxy) is 2. The zero-order chi connectivity index (χ0) is 15.6. The lowest BCUT2D eigenvalue weighted by Crippen LogP contribution is -2.38. The van der Waals surface area contributed by atoms with Crippen molar-refractivity contribution in [1.82, 2.24) is 9.88 Å². The Morgan fingerprint density at radius 1 is 1.43 bits per heavy atom. The Bertz CT molecular complexity index is 499. The number of alkyl halides is 1. The number of pyridine rings is 1. The van der Waals surface area contributed by atoms with E-state index in [1.807, 2.05) is 39.8 Å². The van der Waals surface area contributed by atoms with Gasteiger partial charge in [-0.2, -0.15) is 0 Å². The standard InChI is InChI=1S/C15H21IN2O3/c1-10-5-6-11(8-17-10)20-12-7-13(16)18(9-12)14(19)21-15(2,3)4/h5-6,8,12-13H,7,9H2,1-4H3/t12-,13-/m1/s1. The van der Waals surface area contributed by atoms with Crippen molar-refractivity contribution >= 4 is 28.7 Å². The first-order valence-electron chi connectivity index (χ1n) is 6.97. The summed E-state index contributed by atoms with van der Waals surface area (Å²) in [5, 5.41) is 0. The zero-order valence-electron chi connectivity index (χ0n) is 12.8. The minimum absolute atomic E-state index is 0.0241. The molecule has 1 aromatic rings. The molecule has 1 amide bonds. The first-order chi connectivity index (χ1) is 9.74. The molecule has 0 radical (unpaired) electrons. The van der Waals surface area contributed by atoms with Crippen LogP contribution in [0.2, 0.25) is 0 Å². The van der Waals surface area contributed by atoms with Gasteiger partial charge >= 0.3 is 6.09 Å². The van der Waals surface area contributed by atoms with Crippen molar-refractivity contribution < 1.29 is 14.3 Å². The van der Waals surface area contributed by atoms with Crippen molar-refractivity contribution in [3.63, 3.8) is 0 Å². The van der Waals surface area contributed by atoms with Gasteiger partial charge in [0.1, 0.15) is 17.5 Å². The summed E-state index contributed by atoms with van der Waals surface area (Å²) >= 11 is 2.25. The van der Waals surface area contributed by atoms with Gasteiger partial charge in [0, 0.05) is 12.1 Å². The summed E-state index contributed by atoms with van der Waals surface area (Å²) in [6, 6.07) is 3.82. The van der Waals surface area contributed by atoms with Gasteiger partial charge in [-0.1, -0.05) is 22.6 Å². The highest BCUT2D eigenvalue weighted by Crippen LogP contribution is 2.28. The molecular weight excluding hydrogens is 383 g/mol. The maximum absolute atomic E-state index is 12.1. The highest BCUT2D eigenvalue weighted by molar-refractivity contribution is 14.1. The number of amides is 1. The summed E-state index contributed by atoms with van der Waals surface area (Å²) in [4.78, 5) is 18.1. The second kappa shape index (κ2) is 6.37. The van der Waals surface area contributed by atoms with Gasteiger partial charge in [-0.05, 0) is 39.8 Å². The van der Waals surface area contributed by atoms with E-state index in [-0.39, 0.29) is 16.2 Å². The molecule has 0 unspecified atom stereocenters. The molecule has 1 fully saturated rings. The fraction of sp³-hybridized carbons (Fsp3) is 0.600. The van der Waals surface area contributed by atoms with Crippen LogP contribution in [0.4, 0.5) is 4.79 Å². The normalized spacial score (nSPS) is 22.2.